The van der Waals surface area contributed by atoms with E-state index in [-0.39, 0.29) is 47.5 Å². The van der Waals surface area contributed by atoms with Gasteiger partial charge in [-0.1, -0.05) is 6.07 Å². The maximum atomic E-state index is 13.8. The largest absolute Gasteiger partial charge is 0.347 e. The van der Waals surface area contributed by atoms with E-state index >= 15 is 0 Å². The summed E-state index contributed by atoms with van der Waals surface area (Å²) in [5.41, 5.74) is 3.28. The van der Waals surface area contributed by atoms with E-state index in [1.165, 1.54) is 6.92 Å². The van der Waals surface area contributed by atoms with Gasteiger partial charge in [0.05, 0.1) is 18.6 Å². The number of rotatable bonds is 12. The topological polar surface area (TPSA) is 134 Å². The number of hydrogen-bond donors (Lipinski definition) is 4. The number of carbonyl (C=O) groups excluding carboxylic acids is 4. The normalized spacial score (nSPS) is 21.0. The van der Waals surface area contributed by atoms with E-state index in [1.807, 2.05) is 36.6 Å². The molecule has 0 spiro atoms. The summed E-state index contributed by atoms with van der Waals surface area (Å²) in [6.07, 6.45) is 11.1. The molecule has 42 heavy (non-hydrogen) atoms. The number of nitrogens with one attached hydrogen (secondary N) is 4. The molecule has 3 atom stereocenters. The quantitative estimate of drug-likeness (QED) is 0.307. The Labute approximate surface area is 246 Å². The SMILES string of the molecule is CC(=O)N[C@@H](C(=O)N[C@@H]1CCc2cc(NC(=O)[C@@H](NC(=O)c3cncn3C(C)C)C(C3CC3)C3CC3)ccc21)C1CC1. The number of benzene rings is 1. The summed E-state index contributed by atoms with van der Waals surface area (Å²) in [6, 6.07) is 4.68. The summed E-state index contributed by atoms with van der Waals surface area (Å²) < 4.78 is 1.83. The minimum absolute atomic E-state index is 0.0770. The Morgan fingerprint density at radius 3 is 2.21 bits per heavy atom. The van der Waals surface area contributed by atoms with Crippen LogP contribution >= 0.6 is 0 Å². The van der Waals surface area contributed by atoms with Crippen molar-refractivity contribution in [3.8, 4) is 0 Å². The van der Waals surface area contributed by atoms with Crippen LogP contribution in [-0.2, 0) is 20.8 Å². The maximum Gasteiger partial charge on any atom is 0.270 e. The highest BCUT2D eigenvalue weighted by Crippen LogP contribution is 2.51. The summed E-state index contributed by atoms with van der Waals surface area (Å²) in [7, 11) is 0. The molecule has 224 valence electrons. The number of imidazole rings is 1. The monoisotopic (exact) mass is 574 g/mol. The van der Waals surface area contributed by atoms with Crippen LogP contribution in [0.15, 0.2) is 30.7 Å². The van der Waals surface area contributed by atoms with Gasteiger partial charge in [0.2, 0.25) is 17.7 Å². The number of fused-ring (bicyclic) bond motifs is 1. The number of anilines is 1. The molecule has 4 aliphatic carbocycles. The second-order valence-electron chi connectivity index (χ2n) is 13.0. The summed E-state index contributed by atoms with van der Waals surface area (Å²) in [6.45, 7) is 5.44. The molecular weight excluding hydrogens is 532 g/mol. The highest BCUT2D eigenvalue weighted by Gasteiger charge is 2.48. The van der Waals surface area contributed by atoms with Crippen LogP contribution < -0.4 is 21.3 Å². The van der Waals surface area contributed by atoms with Crippen LogP contribution in [0.2, 0.25) is 0 Å². The van der Waals surface area contributed by atoms with Gasteiger partial charge in [-0.2, -0.15) is 0 Å². The minimum Gasteiger partial charge on any atom is -0.347 e. The lowest BCUT2D eigenvalue weighted by Gasteiger charge is -2.28. The number of amides is 4. The molecule has 0 unspecified atom stereocenters. The Balaban J connectivity index is 1.15. The average Bonchev–Trinajstić information content (AvgIpc) is 3.85. The molecular formula is C32H42N6O4. The molecule has 4 N–H and O–H groups in total. The Kier molecular flexibility index (Phi) is 7.81. The van der Waals surface area contributed by atoms with Gasteiger partial charge in [0.1, 0.15) is 17.8 Å². The number of aromatic nitrogens is 2. The summed E-state index contributed by atoms with van der Waals surface area (Å²) in [4.78, 5) is 56.1. The van der Waals surface area contributed by atoms with Crippen LogP contribution in [0, 0.1) is 23.7 Å². The maximum absolute atomic E-state index is 13.8. The molecule has 1 aromatic carbocycles. The second kappa shape index (κ2) is 11.5. The highest BCUT2D eigenvalue weighted by atomic mass is 16.2. The van der Waals surface area contributed by atoms with Crippen LogP contribution in [-0.4, -0.2) is 45.3 Å². The van der Waals surface area contributed by atoms with E-state index in [9.17, 15) is 19.2 Å². The molecule has 3 saturated carbocycles. The molecule has 0 bridgehead atoms. The van der Waals surface area contributed by atoms with Gasteiger partial charge in [-0.15, -0.1) is 0 Å². The molecule has 6 rings (SSSR count). The molecule has 4 aliphatic rings. The highest BCUT2D eigenvalue weighted by molar-refractivity contribution is 6.01. The second-order valence-corrected chi connectivity index (χ2v) is 13.0. The van der Waals surface area contributed by atoms with Gasteiger partial charge in [-0.3, -0.25) is 19.2 Å². The third-order valence-corrected chi connectivity index (χ3v) is 9.28. The molecule has 10 nitrogen and oxygen atoms in total. The van der Waals surface area contributed by atoms with Crippen molar-refractivity contribution in [2.24, 2.45) is 23.7 Å². The summed E-state index contributed by atoms with van der Waals surface area (Å²) in [5.74, 6) is 0.474. The van der Waals surface area contributed by atoms with E-state index in [2.05, 4.69) is 26.3 Å². The smallest absolute Gasteiger partial charge is 0.270 e. The number of aryl methyl sites for hydroxylation is 1. The first-order valence-corrected chi connectivity index (χ1v) is 15.5. The zero-order chi connectivity index (χ0) is 29.5. The lowest BCUT2D eigenvalue weighted by atomic mass is 9.88. The van der Waals surface area contributed by atoms with Crippen LogP contribution in [0.25, 0.3) is 0 Å². The van der Waals surface area contributed by atoms with E-state index in [4.69, 9.17) is 0 Å². The van der Waals surface area contributed by atoms with Crippen LogP contribution in [0.5, 0.6) is 0 Å². The van der Waals surface area contributed by atoms with Crippen LogP contribution in [0.4, 0.5) is 5.69 Å². The lowest BCUT2D eigenvalue weighted by Crippen LogP contribution is -2.50. The first-order valence-electron chi connectivity index (χ1n) is 15.5. The van der Waals surface area contributed by atoms with Crippen molar-refractivity contribution in [3.05, 3.63) is 47.5 Å². The van der Waals surface area contributed by atoms with Gasteiger partial charge in [0.25, 0.3) is 5.91 Å². The van der Waals surface area contributed by atoms with Crippen molar-refractivity contribution in [1.82, 2.24) is 25.5 Å². The van der Waals surface area contributed by atoms with Gasteiger partial charge in [0, 0.05) is 18.7 Å². The van der Waals surface area contributed by atoms with Crippen molar-refractivity contribution in [2.45, 2.75) is 96.3 Å². The zero-order valence-corrected chi connectivity index (χ0v) is 24.7. The van der Waals surface area contributed by atoms with Gasteiger partial charge in [-0.25, -0.2) is 4.98 Å². The standard InChI is InChI=1S/C32H42N6O4/c1-17(2)38-16-33-15-26(38)30(40)37-29(27(19-4-5-19)20-6-7-20)32(42)35-23-11-12-24-22(14-23)10-13-25(24)36-31(41)28(21-8-9-21)34-18(3)39/h11-12,14-17,19-21,25,27-29H,4-10,13H2,1-3H3,(H,34,39)(H,35,42)(H,36,41)(H,37,40)/t25-,28-,29+/m1/s1. The Hall–Kier alpha value is -3.69. The Bertz CT molecular complexity index is 1360. The fourth-order valence-corrected chi connectivity index (χ4v) is 6.71. The van der Waals surface area contributed by atoms with Crippen molar-refractivity contribution in [3.63, 3.8) is 0 Å². The molecule has 10 heteroatoms. The fourth-order valence-electron chi connectivity index (χ4n) is 6.71. The molecule has 1 heterocycles. The first-order chi connectivity index (χ1) is 20.2. The molecule has 1 aromatic heterocycles. The van der Waals surface area contributed by atoms with Gasteiger partial charge in [-0.05, 0) is 112 Å². The Morgan fingerprint density at radius 1 is 0.905 bits per heavy atom. The number of hydrogen-bond acceptors (Lipinski definition) is 5. The van der Waals surface area contributed by atoms with E-state index in [0.717, 1.165) is 62.5 Å². The molecule has 2 aromatic rings. The predicted molar refractivity (Wildman–Crippen MR) is 157 cm³/mol. The minimum atomic E-state index is -0.624. The number of nitrogens with zero attached hydrogens (tertiary/aromatic N) is 2. The fraction of sp³-hybridized carbons (Fsp3) is 0.594. The van der Waals surface area contributed by atoms with Crippen molar-refractivity contribution in [1.29, 1.82) is 0 Å². The summed E-state index contributed by atoms with van der Waals surface area (Å²) >= 11 is 0. The molecule has 4 amide bonds. The molecule has 0 saturated heterocycles. The van der Waals surface area contributed by atoms with Gasteiger partial charge >= 0.3 is 0 Å². The van der Waals surface area contributed by atoms with Crippen molar-refractivity contribution < 1.29 is 19.2 Å². The van der Waals surface area contributed by atoms with Gasteiger partial charge in [0.15, 0.2) is 0 Å². The van der Waals surface area contributed by atoms with Crippen LogP contribution in [0.1, 0.15) is 99.4 Å². The summed E-state index contributed by atoms with van der Waals surface area (Å²) in [5, 5.41) is 12.2. The first kappa shape index (κ1) is 28.4. The third kappa shape index (κ3) is 6.22. The van der Waals surface area contributed by atoms with E-state index in [1.54, 1.807) is 12.5 Å². The number of carbonyl (C=O) groups is 4. The third-order valence-electron chi connectivity index (χ3n) is 9.28. The Morgan fingerprint density at radius 2 is 1.60 bits per heavy atom. The average molecular weight is 575 g/mol. The molecule has 0 aliphatic heterocycles. The van der Waals surface area contributed by atoms with Crippen LogP contribution in [0.3, 0.4) is 0 Å². The molecule has 3 fully saturated rings. The van der Waals surface area contributed by atoms with Gasteiger partial charge < -0.3 is 25.8 Å². The zero-order valence-electron chi connectivity index (χ0n) is 24.7. The van der Waals surface area contributed by atoms with Crippen molar-refractivity contribution >= 4 is 29.3 Å². The van der Waals surface area contributed by atoms with E-state index < -0.39 is 12.1 Å². The molecule has 0 radical (unpaired) electrons. The van der Waals surface area contributed by atoms with Crippen molar-refractivity contribution in [2.75, 3.05) is 5.32 Å². The predicted octanol–water partition coefficient (Wildman–Crippen LogP) is 3.66. The van der Waals surface area contributed by atoms with E-state index in [0.29, 0.717) is 23.2 Å². The lowest BCUT2D eigenvalue weighted by molar-refractivity contribution is -0.129.